The van der Waals surface area contributed by atoms with E-state index in [0.717, 1.165) is 77.4 Å². The minimum Gasteiger partial charge on any atom is -0.466 e. The molecular formula is C70H133NO6. The Morgan fingerprint density at radius 2 is 0.727 bits per heavy atom. The monoisotopic (exact) mass is 1080 g/mol. The Kier molecular flexibility index (Phi) is 42.6. The summed E-state index contributed by atoms with van der Waals surface area (Å²) in [5.41, 5.74) is 0.598. The van der Waals surface area contributed by atoms with Gasteiger partial charge in [-0.25, -0.2) is 0 Å². The van der Waals surface area contributed by atoms with Crippen molar-refractivity contribution in [3.63, 3.8) is 0 Å². The van der Waals surface area contributed by atoms with Crippen molar-refractivity contribution >= 4 is 17.9 Å². The predicted molar refractivity (Wildman–Crippen MR) is 329 cm³/mol. The number of fused-ring (bicyclic) bond motifs is 2. The van der Waals surface area contributed by atoms with Crippen LogP contribution in [0.3, 0.4) is 0 Å². The fraction of sp³-hybridized carbons (Fsp3) is 0.957. The molecule has 454 valence electrons. The summed E-state index contributed by atoms with van der Waals surface area (Å²) in [5.74, 6) is 1.56. The van der Waals surface area contributed by atoms with Crippen LogP contribution >= 0.6 is 0 Å². The molecule has 7 nitrogen and oxygen atoms in total. The molecule has 2 aliphatic carbocycles. The highest BCUT2D eigenvalue weighted by Gasteiger charge is 2.52. The van der Waals surface area contributed by atoms with Gasteiger partial charge in [0.25, 0.3) is 0 Å². The molecule has 2 bridgehead atoms. The molecule has 2 fully saturated rings. The van der Waals surface area contributed by atoms with Crippen LogP contribution in [0, 0.1) is 34.0 Å². The lowest BCUT2D eigenvalue weighted by atomic mass is 9.47. The van der Waals surface area contributed by atoms with Crippen molar-refractivity contribution in [1.29, 1.82) is 0 Å². The van der Waals surface area contributed by atoms with E-state index >= 15 is 0 Å². The third-order valence-corrected chi connectivity index (χ3v) is 18.9. The van der Waals surface area contributed by atoms with Crippen LogP contribution < -0.4 is 0 Å². The molecule has 0 spiro atoms. The molecule has 0 amide bonds. The van der Waals surface area contributed by atoms with Crippen LogP contribution in [-0.2, 0) is 28.6 Å². The molecule has 0 aliphatic heterocycles. The average molecular weight is 1080 g/mol. The van der Waals surface area contributed by atoms with E-state index in [1.807, 2.05) is 0 Å². The summed E-state index contributed by atoms with van der Waals surface area (Å²) in [6.45, 7) is 23.1. The summed E-state index contributed by atoms with van der Waals surface area (Å²) in [5, 5.41) is 0. The maximum atomic E-state index is 13.6. The van der Waals surface area contributed by atoms with Gasteiger partial charge in [-0.3, -0.25) is 14.4 Å². The van der Waals surface area contributed by atoms with Gasteiger partial charge in [0.05, 0.1) is 19.8 Å². The summed E-state index contributed by atoms with van der Waals surface area (Å²) in [6.07, 6.45) is 56.2. The Morgan fingerprint density at radius 1 is 0.403 bits per heavy atom. The van der Waals surface area contributed by atoms with Gasteiger partial charge in [-0.05, 0) is 156 Å². The summed E-state index contributed by atoms with van der Waals surface area (Å²) in [4.78, 5) is 42.2. The lowest BCUT2D eigenvalue weighted by Crippen LogP contribution is -2.47. The smallest absolute Gasteiger partial charge is 0.306 e. The molecule has 0 aromatic heterocycles. The van der Waals surface area contributed by atoms with E-state index in [-0.39, 0.29) is 34.2 Å². The largest absolute Gasteiger partial charge is 0.466 e. The first kappa shape index (κ1) is 71.5. The number of hydrogen-bond donors (Lipinski definition) is 0. The van der Waals surface area contributed by atoms with E-state index in [1.54, 1.807) is 0 Å². The molecule has 0 aromatic carbocycles. The number of carbonyl (C=O) groups is 3. The average Bonchev–Trinajstić information content (AvgIpc) is 3.39. The van der Waals surface area contributed by atoms with Crippen LogP contribution in [0.1, 0.15) is 357 Å². The van der Waals surface area contributed by atoms with Gasteiger partial charge in [-0.1, -0.05) is 235 Å². The lowest BCUT2D eigenvalue weighted by Gasteiger charge is -2.58. The molecule has 2 aliphatic rings. The molecule has 2 rings (SSSR count). The first-order valence-electron chi connectivity index (χ1n) is 34.6. The zero-order valence-corrected chi connectivity index (χ0v) is 53.1. The quantitative estimate of drug-likeness (QED) is 0.0341. The van der Waals surface area contributed by atoms with Crippen molar-refractivity contribution in [2.75, 3.05) is 39.5 Å². The summed E-state index contributed by atoms with van der Waals surface area (Å²) >= 11 is 0. The van der Waals surface area contributed by atoms with E-state index in [0.29, 0.717) is 56.8 Å². The number of ether oxygens (including phenoxy) is 3. The maximum Gasteiger partial charge on any atom is 0.306 e. The second-order valence-electron chi connectivity index (χ2n) is 26.8. The molecule has 77 heavy (non-hydrogen) atoms. The zero-order valence-electron chi connectivity index (χ0n) is 53.1. The van der Waals surface area contributed by atoms with Crippen LogP contribution in [0.25, 0.3) is 0 Å². The standard InChI is InChI=1S/C70H133NO6/c1-9-15-19-23-27-31-35-43-62(44-36-32-28-24-20-16-10-2)55-66(73)76-53-41-49-69(8)58-64-57-68(7,48-40-52-75-65(72)47-39-51-71(13-5)14-6)60-70(59-64,61-69)50-42-54-77-67(74)56-63(45-37-33-29-25-21-17-11-3)46-38-34-30-26-22-18-12-4/h62-64H,9-61H2,1-8H3. The van der Waals surface area contributed by atoms with Gasteiger partial charge in [0.15, 0.2) is 0 Å². The highest BCUT2D eigenvalue weighted by Crippen LogP contribution is 2.64. The Bertz CT molecular complexity index is 1380. The minimum atomic E-state index is -0.0518. The first-order chi connectivity index (χ1) is 37.4. The highest BCUT2D eigenvalue weighted by atomic mass is 16.5. The molecular weight excluding hydrogens is 951 g/mol. The van der Waals surface area contributed by atoms with Gasteiger partial charge in [0, 0.05) is 19.3 Å². The molecule has 0 saturated heterocycles. The van der Waals surface area contributed by atoms with Crippen molar-refractivity contribution in [1.82, 2.24) is 4.90 Å². The SMILES string of the molecule is CCCCCCCCCC(CCCCCCCCC)CC(=O)OCCCC1(C)CC2CC(C)(CCCOC(=O)CCCN(CC)CC)CC(CCCOC(=O)CC(CCCCCCCCC)CCCCCCCCC)(C2)C1. The first-order valence-corrected chi connectivity index (χ1v) is 34.6. The van der Waals surface area contributed by atoms with E-state index in [9.17, 15) is 14.4 Å². The molecule has 0 heterocycles. The van der Waals surface area contributed by atoms with Gasteiger partial charge < -0.3 is 19.1 Å². The zero-order chi connectivity index (χ0) is 56.1. The minimum absolute atomic E-state index is 0.0253. The van der Waals surface area contributed by atoms with Crippen LogP contribution in [0.15, 0.2) is 0 Å². The molecule has 2 saturated carbocycles. The number of carbonyl (C=O) groups excluding carboxylic acids is 3. The lowest BCUT2D eigenvalue weighted by molar-refractivity contribution is -0.146. The molecule has 7 heteroatoms. The second-order valence-corrected chi connectivity index (χ2v) is 26.8. The van der Waals surface area contributed by atoms with E-state index in [1.165, 1.54) is 225 Å². The third kappa shape index (κ3) is 36.5. The van der Waals surface area contributed by atoms with Crippen molar-refractivity contribution in [2.45, 2.75) is 357 Å². The highest BCUT2D eigenvalue weighted by molar-refractivity contribution is 5.70. The Hall–Kier alpha value is -1.63. The predicted octanol–water partition coefficient (Wildman–Crippen LogP) is 21.2. The van der Waals surface area contributed by atoms with E-state index < -0.39 is 0 Å². The normalized spacial score (nSPS) is 20.4. The van der Waals surface area contributed by atoms with Crippen LogP contribution in [0.5, 0.6) is 0 Å². The molecule has 4 atom stereocenters. The Morgan fingerprint density at radius 3 is 1.08 bits per heavy atom. The summed E-state index contributed by atoms with van der Waals surface area (Å²) in [7, 11) is 0. The topological polar surface area (TPSA) is 82.1 Å². The van der Waals surface area contributed by atoms with Crippen molar-refractivity contribution in [3.8, 4) is 0 Å². The van der Waals surface area contributed by atoms with Crippen molar-refractivity contribution in [3.05, 3.63) is 0 Å². The van der Waals surface area contributed by atoms with E-state index in [2.05, 4.69) is 60.3 Å². The maximum absolute atomic E-state index is 13.6. The van der Waals surface area contributed by atoms with Crippen molar-refractivity contribution < 1.29 is 28.6 Å². The fourth-order valence-corrected chi connectivity index (χ4v) is 15.0. The number of nitrogens with zero attached hydrogens (tertiary/aromatic N) is 1. The van der Waals surface area contributed by atoms with Gasteiger partial charge in [-0.2, -0.15) is 0 Å². The van der Waals surface area contributed by atoms with Crippen molar-refractivity contribution in [2.24, 2.45) is 34.0 Å². The van der Waals surface area contributed by atoms with Gasteiger partial charge in [-0.15, -0.1) is 0 Å². The molecule has 0 N–H and O–H groups in total. The second kappa shape index (κ2) is 45.9. The fourth-order valence-electron chi connectivity index (χ4n) is 15.0. The number of unbranched alkanes of at least 4 members (excludes halogenated alkanes) is 24. The van der Waals surface area contributed by atoms with E-state index in [4.69, 9.17) is 14.2 Å². The molecule has 4 unspecified atom stereocenters. The van der Waals surface area contributed by atoms with Gasteiger partial charge >= 0.3 is 17.9 Å². The van der Waals surface area contributed by atoms with Crippen LogP contribution in [-0.4, -0.2) is 62.3 Å². The van der Waals surface area contributed by atoms with Gasteiger partial charge in [0.1, 0.15) is 0 Å². The number of esters is 3. The molecule has 0 aromatic rings. The number of rotatable bonds is 54. The molecule has 0 radical (unpaired) electrons. The van der Waals surface area contributed by atoms with Gasteiger partial charge in [0.2, 0.25) is 0 Å². The van der Waals surface area contributed by atoms with Crippen LogP contribution in [0.2, 0.25) is 0 Å². The Balaban J connectivity index is 2.05. The third-order valence-electron chi connectivity index (χ3n) is 18.9. The summed E-state index contributed by atoms with van der Waals surface area (Å²) < 4.78 is 18.1. The van der Waals surface area contributed by atoms with Crippen LogP contribution in [0.4, 0.5) is 0 Å². The number of hydrogen-bond acceptors (Lipinski definition) is 7. The summed E-state index contributed by atoms with van der Waals surface area (Å²) in [6, 6.07) is 0. The Labute approximate surface area is 479 Å².